The predicted molar refractivity (Wildman–Crippen MR) is 66.8 cm³/mol. The number of amides is 1. The van der Waals surface area contributed by atoms with Crippen molar-refractivity contribution in [2.75, 3.05) is 0 Å². The van der Waals surface area contributed by atoms with Gasteiger partial charge in [0.25, 0.3) is 0 Å². The van der Waals surface area contributed by atoms with Crippen LogP contribution < -0.4 is 5.32 Å². The van der Waals surface area contributed by atoms with Gasteiger partial charge in [0, 0.05) is 6.04 Å². The summed E-state index contributed by atoms with van der Waals surface area (Å²) in [5.74, 6) is 0.861. The van der Waals surface area contributed by atoms with E-state index in [2.05, 4.69) is 20.5 Å². The smallest absolute Gasteiger partial charge is 0.233 e. The maximum absolute atomic E-state index is 11.9. The van der Waals surface area contributed by atoms with Gasteiger partial charge >= 0.3 is 0 Å². The van der Waals surface area contributed by atoms with E-state index in [1.807, 2.05) is 13.8 Å². The van der Waals surface area contributed by atoms with Crippen LogP contribution in [0.5, 0.6) is 0 Å². The molecule has 0 saturated heterocycles. The van der Waals surface area contributed by atoms with Gasteiger partial charge in [-0.1, -0.05) is 24.6 Å². The van der Waals surface area contributed by atoms with Gasteiger partial charge < -0.3 is 5.32 Å². The lowest BCUT2D eigenvalue weighted by Gasteiger charge is -2.15. The molecule has 0 spiro atoms. The van der Waals surface area contributed by atoms with Crippen LogP contribution in [0, 0.1) is 6.92 Å². The normalized spacial score (nSPS) is 18.2. The van der Waals surface area contributed by atoms with Crippen LogP contribution in [0.2, 0.25) is 0 Å². The highest BCUT2D eigenvalue weighted by molar-refractivity contribution is 8.00. The molecule has 1 saturated carbocycles. The van der Waals surface area contributed by atoms with Crippen LogP contribution in [0.25, 0.3) is 0 Å². The van der Waals surface area contributed by atoms with Crippen molar-refractivity contribution < 1.29 is 4.79 Å². The highest BCUT2D eigenvalue weighted by atomic mass is 32.2. The van der Waals surface area contributed by atoms with Crippen LogP contribution in [-0.4, -0.2) is 32.4 Å². The fourth-order valence-corrected chi connectivity index (χ4v) is 2.75. The summed E-state index contributed by atoms with van der Waals surface area (Å²) in [5, 5.41) is 10.4. The van der Waals surface area contributed by atoms with E-state index in [0.29, 0.717) is 11.2 Å². The Hall–Kier alpha value is -1.04. The Kier molecular flexibility index (Phi) is 4.04. The molecule has 0 aliphatic heterocycles. The minimum atomic E-state index is -0.147. The minimum Gasteiger partial charge on any atom is -0.352 e. The number of nitrogens with zero attached hydrogens (tertiary/aromatic N) is 2. The molecule has 94 valence electrons. The molecule has 1 unspecified atom stereocenters. The predicted octanol–water partition coefficient (Wildman–Crippen LogP) is 1.65. The molecule has 1 atom stereocenters. The van der Waals surface area contributed by atoms with Crippen molar-refractivity contribution in [3.8, 4) is 0 Å². The summed E-state index contributed by atoms with van der Waals surface area (Å²) in [4.78, 5) is 16.1. The number of aryl methyl sites for hydroxylation is 1. The largest absolute Gasteiger partial charge is 0.352 e. The van der Waals surface area contributed by atoms with Crippen LogP contribution in [-0.2, 0) is 4.79 Å². The summed E-state index contributed by atoms with van der Waals surface area (Å²) < 4.78 is 0. The van der Waals surface area contributed by atoms with Crippen LogP contribution in [0.1, 0.15) is 38.4 Å². The fourth-order valence-electron chi connectivity index (χ4n) is 1.98. The summed E-state index contributed by atoms with van der Waals surface area (Å²) in [6.45, 7) is 3.74. The maximum atomic E-state index is 11.9. The zero-order valence-corrected chi connectivity index (χ0v) is 11.0. The van der Waals surface area contributed by atoms with Crippen molar-refractivity contribution in [3.05, 3.63) is 5.82 Å². The third-order valence-electron chi connectivity index (χ3n) is 2.93. The van der Waals surface area contributed by atoms with Gasteiger partial charge in [0.15, 0.2) is 0 Å². The average molecular weight is 254 g/mol. The van der Waals surface area contributed by atoms with Gasteiger partial charge in [-0.2, -0.15) is 0 Å². The number of aromatic nitrogens is 3. The number of hydrogen-bond acceptors (Lipinski definition) is 4. The molecule has 2 N–H and O–H groups in total. The molecule has 1 fully saturated rings. The molecule has 1 aliphatic rings. The van der Waals surface area contributed by atoms with E-state index < -0.39 is 0 Å². The van der Waals surface area contributed by atoms with Crippen molar-refractivity contribution in [1.29, 1.82) is 0 Å². The average Bonchev–Trinajstić information content (AvgIpc) is 2.90. The molecule has 17 heavy (non-hydrogen) atoms. The highest BCUT2D eigenvalue weighted by Gasteiger charge is 2.22. The zero-order chi connectivity index (χ0) is 12.3. The Labute approximate surface area is 105 Å². The first kappa shape index (κ1) is 12.4. The van der Waals surface area contributed by atoms with Gasteiger partial charge in [0.1, 0.15) is 5.82 Å². The van der Waals surface area contributed by atoms with Gasteiger partial charge in [0.2, 0.25) is 11.1 Å². The Balaban J connectivity index is 1.82. The standard InChI is InChI=1S/C11H18N4OS/c1-7(17-11-12-8(2)14-15-11)10(16)13-9-5-3-4-6-9/h7,9H,3-6H2,1-2H3,(H,13,16)(H,12,14,15). The van der Waals surface area contributed by atoms with E-state index in [0.717, 1.165) is 18.7 Å². The first-order chi connectivity index (χ1) is 8.15. The Morgan fingerprint density at radius 3 is 2.82 bits per heavy atom. The molecular formula is C11H18N4OS. The van der Waals surface area contributed by atoms with Crippen molar-refractivity contribution in [2.24, 2.45) is 0 Å². The molecule has 0 aromatic carbocycles. The van der Waals surface area contributed by atoms with Crippen molar-refractivity contribution in [2.45, 2.75) is 56.0 Å². The monoisotopic (exact) mass is 254 g/mol. The van der Waals surface area contributed by atoms with Crippen molar-refractivity contribution in [1.82, 2.24) is 20.5 Å². The number of carbonyl (C=O) groups excluding carboxylic acids is 1. The number of nitrogens with one attached hydrogen (secondary N) is 2. The quantitative estimate of drug-likeness (QED) is 0.802. The van der Waals surface area contributed by atoms with E-state index in [1.165, 1.54) is 24.6 Å². The van der Waals surface area contributed by atoms with Crippen LogP contribution in [0.15, 0.2) is 5.16 Å². The molecule has 1 aliphatic carbocycles. The molecule has 5 nitrogen and oxygen atoms in total. The lowest BCUT2D eigenvalue weighted by molar-refractivity contribution is -0.120. The number of H-pyrrole nitrogens is 1. The molecule has 0 radical (unpaired) electrons. The third-order valence-corrected chi connectivity index (χ3v) is 3.89. The molecule has 1 amide bonds. The van der Waals surface area contributed by atoms with Gasteiger partial charge in [-0.05, 0) is 26.7 Å². The van der Waals surface area contributed by atoms with E-state index in [9.17, 15) is 4.79 Å². The summed E-state index contributed by atoms with van der Waals surface area (Å²) in [5.41, 5.74) is 0. The summed E-state index contributed by atoms with van der Waals surface area (Å²) in [6.07, 6.45) is 4.69. The lowest BCUT2D eigenvalue weighted by Crippen LogP contribution is -2.37. The molecule has 1 aromatic rings. The van der Waals surface area contributed by atoms with E-state index in [1.54, 1.807) is 0 Å². The Bertz CT molecular complexity index is 387. The van der Waals surface area contributed by atoms with Gasteiger partial charge in [-0.3, -0.25) is 9.89 Å². The second kappa shape index (κ2) is 5.53. The molecule has 1 heterocycles. The van der Waals surface area contributed by atoms with E-state index >= 15 is 0 Å². The Morgan fingerprint density at radius 1 is 1.53 bits per heavy atom. The van der Waals surface area contributed by atoms with Crippen LogP contribution in [0.4, 0.5) is 0 Å². The third kappa shape index (κ3) is 3.46. The lowest BCUT2D eigenvalue weighted by atomic mass is 10.2. The van der Waals surface area contributed by atoms with Crippen LogP contribution >= 0.6 is 11.8 Å². The van der Waals surface area contributed by atoms with E-state index in [-0.39, 0.29) is 11.2 Å². The van der Waals surface area contributed by atoms with Crippen molar-refractivity contribution in [3.63, 3.8) is 0 Å². The fraction of sp³-hybridized carbons (Fsp3) is 0.727. The van der Waals surface area contributed by atoms with Crippen LogP contribution in [0.3, 0.4) is 0 Å². The number of thioether (sulfide) groups is 1. The highest BCUT2D eigenvalue weighted by Crippen LogP contribution is 2.21. The zero-order valence-electron chi connectivity index (χ0n) is 10.2. The summed E-state index contributed by atoms with van der Waals surface area (Å²) in [6, 6.07) is 0.374. The number of hydrogen-bond donors (Lipinski definition) is 2. The second-order valence-corrected chi connectivity index (χ2v) is 5.76. The topological polar surface area (TPSA) is 70.7 Å². The number of aromatic amines is 1. The maximum Gasteiger partial charge on any atom is 0.233 e. The molecule has 1 aromatic heterocycles. The number of rotatable bonds is 4. The van der Waals surface area contributed by atoms with E-state index in [4.69, 9.17) is 0 Å². The number of carbonyl (C=O) groups is 1. The first-order valence-electron chi connectivity index (χ1n) is 6.01. The van der Waals surface area contributed by atoms with Gasteiger partial charge in [-0.25, -0.2) is 4.98 Å². The summed E-state index contributed by atoms with van der Waals surface area (Å²) >= 11 is 1.39. The second-order valence-electron chi connectivity index (χ2n) is 4.45. The summed E-state index contributed by atoms with van der Waals surface area (Å²) in [7, 11) is 0. The molecule has 2 rings (SSSR count). The van der Waals surface area contributed by atoms with Gasteiger partial charge in [0.05, 0.1) is 5.25 Å². The Morgan fingerprint density at radius 2 is 2.24 bits per heavy atom. The van der Waals surface area contributed by atoms with Crippen molar-refractivity contribution >= 4 is 17.7 Å². The molecule has 6 heteroatoms. The first-order valence-corrected chi connectivity index (χ1v) is 6.89. The van der Waals surface area contributed by atoms with Gasteiger partial charge in [-0.15, -0.1) is 5.10 Å². The molecule has 0 bridgehead atoms. The minimum absolute atomic E-state index is 0.0874. The SMILES string of the molecule is Cc1nc(SC(C)C(=O)NC2CCCC2)n[nH]1. The molecular weight excluding hydrogens is 236 g/mol.